The zero-order chi connectivity index (χ0) is 14.3. The van der Waals surface area contributed by atoms with Gasteiger partial charge in [-0.25, -0.2) is 0 Å². The molecule has 1 aromatic rings. The van der Waals surface area contributed by atoms with Crippen molar-refractivity contribution >= 4 is 17.3 Å². The van der Waals surface area contributed by atoms with Crippen LogP contribution in [0, 0.1) is 5.92 Å². The fourth-order valence-electron chi connectivity index (χ4n) is 2.99. The van der Waals surface area contributed by atoms with Crippen LogP contribution in [0.1, 0.15) is 31.2 Å². The number of carbonyl (C=O) groups is 1. The van der Waals surface area contributed by atoms with Crippen LogP contribution in [0.5, 0.6) is 0 Å². The molecule has 0 radical (unpaired) electrons. The summed E-state index contributed by atoms with van der Waals surface area (Å²) in [5.74, 6) is -0.342. The molecular formula is C14H15F3N2O. The van der Waals surface area contributed by atoms with E-state index < -0.39 is 11.7 Å². The van der Waals surface area contributed by atoms with Crippen LogP contribution in [0.3, 0.4) is 0 Å². The van der Waals surface area contributed by atoms with Crippen LogP contribution in [-0.4, -0.2) is 11.9 Å². The van der Waals surface area contributed by atoms with Gasteiger partial charge in [0.15, 0.2) is 0 Å². The molecular weight excluding hydrogens is 269 g/mol. The summed E-state index contributed by atoms with van der Waals surface area (Å²) < 4.78 is 38.2. The second-order valence-electron chi connectivity index (χ2n) is 5.39. The van der Waals surface area contributed by atoms with Gasteiger partial charge < -0.3 is 10.6 Å². The molecule has 1 heterocycles. The lowest BCUT2D eigenvalue weighted by atomic mass is 9.84. The Morgan fingerprint density at radius 3 is 2.60 bits per heavy atom. The highest BCUT2D eigenvalue weighted by molar-refractivity contribution is 5.98. The first-order chi connectivity index (χ1) is 9.45. The summed E-state index contributed by atoms with van der Waals surface area (Å²) in [6.07, 6.45) is -0.723. The number of amides is 1. The predicted molar refractivity (Wildman–Crippen MR) is 69.4 cm³/mol. The molecule has 1 amide bonds. The first-order valence-corrected chi connectivity index (χ1v) is 6.74. The Morgan fingerprint density at radius 1 is 1.10 bits per heavy atom. The molecule has 0 bridgehead atoms. The molecule has 20 heavy (non-hydrogen) atoms. The number of alkyl halides is 3. The van der Waals surface area contributed by atoms with E-state index in [4.69, 9.17) is 0 Å². The minimum atomic E-state index is -4.40. The molecule has 2 aliphatic rings. The number of hydrogen-bond acceptors (Lipinski definition) is 2. The van der Waals surface area contributed by atoms with Crippen LogP contribution in [0.2, 0.25) is 0 Å². The van der Waals surface area contributed by atoms with Gasteiger partial charge in [0.25, 0.3) is 0 Å². The third-order valence-corrected chi connectivity index (χ3v) is 4.05. The third kappa shape index (κ3) is 2.34. The zero-order valence-corrected chi connectivity index (χ0v) is 10.8. The van der Waals surface area contributed by atoms with E-state index in [9.17, 15) is 18.0 Å². The topological polar surface area (TPSA) is 41.1 Å². The molecule has 2 unspecified atom stereocenters. The molecule has 6 heteroatoms. The molecule has 0 saturated heterocycles. The quantitative estimate of drug-likeness (QED) is 0.764. The highest BCUT2D eigenvalue weighted by Crippen LogP contribution is 2.38. The Hall–Kier alpha value is -1.72. The number of hydrogen-bond donors (Lipinski definition) is 2. The predicted octanol–water partition coefficient (Wildman–Crippen LogP) is 3.63. The molecule has 1 aromatic carbocycles. The van der Waals surface area contributed by atoms with Gasteiger partial charge in [0.05, 0.1) is 22.9 Å². The van der Waals surface area contributed by atoms with Crippen molar-refractivity contribution in [3.8, 4) is 0 Å². The third-order valence-electron chi connectivity index (χ3n) is 4.05. The smallest absolute Gasteiger partial charge is 0.380 e. The minimum Gasteiger partial charge on any atom is -0.380 e. The van der Waals surface area contributed by atoms with E-state index >= 15 is 0 Å². The normalized spacial score (nSPS) is 25.9. The van der Waals surface area contributed by atoms with Crippen LogP contribution in [0.4, 0.5) is 24.5 Å². The standard InChI is InChI=1S/C14H15F3N2O/c15-14(16,17)8-5-6-11-12(7-8)19-13(20)9-3-1-2-4-10(9)18-11/h5-7,9-10,18H,1-4H2,(H,19,20). The van der Waals surface area contributed by atoms with Crippen molar-refractivity contribution in [1.29, 1.82) is 0 Å². The molecule has 3 nitrogen and oxygen atoms in total. The van der Waals surface area contributed by atoms with Crippen molar-refractivity contribution in [2.45, 2.75) is 37.9 Å². The first-order valence-electron chi connectivity index (χ1n) is 6.74. The Labute approximate surface area is 114 Å². The van der Waals surface area contributed by atoms with Crippen LogP contribution in [0.25, 0.3) is 0 Å². The van der Waals surface area contributed by atoms with Gasteiger partial charge in [0, 0.05) is 6.04 Å². The second-order valence-corrected chi connectivity index (χ2v) is 5.39. The van der Waals surface area contributed by atoms with E-state index in [2.05, 4.69) is 10.6 Å². The number of nitrogens with one attached hydrogen (secondary N) is 2. The summed E-state index contributed by atoms with van der Waals surface area (Å²) in [6.45, 7) is 0. The van der Waals surface area contributed by atoms with E-state index in [1.54, 1.807) is 0 Å². The molecule has 2 N–H and O–H groups in total. The van der Waals surface area contributed by atoms with Crippen LogP contribution in [0.15, 0.2) is 18.2 Å². The van der Waals surface area contributed by atoms with E-state index in [1.165, 1.54) is 6.07 Å². The lowest BCUT2D eigenvalue weighted by Gasteiger charge is -2.29. The summed E-state index contributed by atoms with van der Waals surface area (Å²) in [5, 5.41) is 5.85. The molecule has 1 aliphatic carbocycles. The van der Waals surface area contributed by atoms with Crippen LogP contribution in [-0.2, 0) is 11.0 Å². The number of fused-ring (bicyclic) bond motifs is 2. The monoisotopic (exact) mass is 284 g/mol. The Morgan fingerprint density at radius 2 is 1.85 bits per heavy atom. The fraction of sp³-hybridized carbons (Fsp3) is 0.500. The number of carbonyl (C=O) groups excluding carboxylic acids is 1. The van der Waals surface area contributed by atoms with Gasteiger partial charge in [-0.05, 0) is 31.0 Å². The van der Waals surface area contributed by atoms with Crippen molar-refractivity contribution < 1.29 is 18.0 Å². The Balaban J connectivity index is 1.96. The number of benzene rings is 1. The highest BCUT2D eigenvalue weighted by Gasteiger charge is 2.36. The maximum atomic E-state index is 12.7. The molecule has 0 aromatic heterocycles. The SMILES string of the molecule is O=C1Nc2cc(C(F)(F)F)ccc2NC2CCCCC12. The molecule has 108 valence electrons. The van der Waals surface area contributed by atoms with E-state index in [-0.39, 0.29) is 23.6 Å². The van der Waals surface area contributed by atoms with Gasteiger partial charge in [-0.2, -0.15) is 13.2 Å². The van der Waals surface area contributed by atoms with E-state index in [0.29, 0.717) is 5.69 Å². The first kappa shape index (κ1) is 13.3. The van der Waals surface area contributed by atoms with E-state index in [0.717, 1.165) is 37.8 Å². The van der Waals surface area contributed by atoms with Gasteiger partial charge in [0.2, 0.25) is 5.91 Å². The Kier molecular flexibility index (Phi) is 3.11. The summed E-state index contributed by atoms with van der Waals surface area (Å²) in [5.41, 5.74) is 0.0446. The lowest BCUT2D eigenvalue weighted by molar-refractivity contribution is -0.137. The zero-order valence-electron chi connectivity index (χ0n) is 10.8. The summed E-state index contributed by atoms with van der Waals surface area (Å²) in [7, 11) is 0. The van der Waals surface area contributed by atoms with Gasteiger partial charge >= 0.3 is 6.18 Å². The second kappa shape index (κ2) is 4.68. The number of anilines is 2. The maximum Gasteiger partial charge on any atom is 0.416 e. The van der Waals surface area contributed by atoms with Gasteiger partial charge in [-0.1, -0.05) is 12.8 Å². The number of halogens is 3. The summed E-state index contributed by atoms with van der Waals surface area (Å²) >= 11 is 0. The largest absolute Gasteiger partial charge is 0.416 e. The van der Waals surface area contributed by atoms with Crippen molar-refractivity contribution in [2.75, 3.05) is 10.6 Å². The summed E-state index contributed by atoms with van der Waals surface area (Å²) in [4.78, 5) is 12.1. The number of rotatable bonds is 0. The average Bonchev–Trinajstić information content (AvgIpc) is 2.53. The fourth-order valence-corrected chi connectivity index (χ4v) is 2.99. The average molecular weight is 284 g/mol. The van der Waals surface area contributed by atoms with Crippen LogP contribution >= 0.6 is 0 Å². The molecule has 3 rings (SSSR count). The van der Waals surface area contributed by atoms with Crippen molar-refractivity contribution in [3.63, 3.8) is 0 Å². The van der Waals surface area contributed by atoms with Gasteiger partial charge in [0.1, 0.15) is 0 Å². The van der Waals surface area contributed by atoms with E-state index in [1.807, 2.05) is 0 Å². The molecule has 1 aliphatic heterocycles. The Bertz CT molecular complexity index is 542. The van der Waals surface area contributed by atoms with Crippen LogP contribution < -0.4 is 10.6 Å². The minimum absolute atomic E-state index is 0.0155. The maximum absolute atomic E-state index is 12.7. The van der Waals surface area contributed by atoms with Crippen molar-refractivity contribution in [3.05, 3.63) is 23.8 Å². The molecule has 2 atom stereocenters. The summed E-state index contributed by atoms with van der Waals surface area (Å²) in [6, 6.07) is 3.45. The highest BCUT2D eigenvalue weighted by atomic mass is 19.4. The van der Waals surface area contributed by atoms with Gasteiger partial charge in [-0.3, -0.25) is 4.79 Å². The molecule has 0 spiro atoms. The molecule has 1 saturated carbocycles. The van der Waals surface area contributed by atoms with Gasteiger partial charge in [-0.15, -0.1) is 0 Å². The van der Waals surface area contributed by atoms with Crippen molar-refractivity contribution in [1.82, 2.24) is 0 Å². The van der Waals surface area contributed by atoms with Crippen molar-refractivity contribution in [2.24, 2.45) is 5.92 Å². The lowest BCUT2D eigenvalue weighted by Crippen LogP contribution is -2.37. The molecule has 1 fully saturated rings.